The maximum absolute atomic E-state index is 4.36. The summed E-state index contributed by atoms with van der Waals surface area (Å²) in [5.74, 6) is 1.66. The van der Waals surface area contributed by atoms with Crippen molar-refractivity contribution in [1.82, 2.24) is 15.2 Å². The van der Waals surface area contributed by atoms with Crippen LogP contribution in [-0.2, 0) is 6.54 Å². The highest BCUT2D eigenvalue weighted by Crippen LogP contribution is 2.41. The minimum absolute atomic E-state index is 0.325. The number of rotatable bonds is 2. The number of likely N-dealkylation sites (tertiary alicyclic amines) is 1. The molecule has 2 aliphatic rings. The predicted molar refractivity (Wildman–Crippen MR) is 71.2 cm³/mol. The number of fused-ring (bicyclic) bond motifs is 1. The number of nitrogens with zero attached hydrogens (tertiary/aromatic N) is 2. The molecule has 17 heavy (non-hydrogen) atoms. The van der Waals surface area contributed by atoms with Crippen LogP contribution in [0.2, 0.25) is 0 Å². The Morgan fingerprint density at radius 1 is 1.53 bits per heavy atom. The van der Waals surface area contributed by atoms with Gasteiger partial charge in [0.25, 0.3) is 0 Å². The highest BCUT2D eigenvalue weighted by molar-refractivity contribution is 7.11. The third kappa shape index (κ3) is 1.92. The zero-order chi connectivity index (χ0) is 12.0. The largest absolute Gasteiger partial charge is 0.316 e. The third-order valence-corrected chi connectivity index (χ3v) is 5.43. The van der Waals surface area contributed by atoms with Gasteiger partial charge in [0.1, 0.15) is 0 Å². The Kier molecular flexibility index (Phi) is 2.76. The maximum Gasteiger partial charge on any atom is 0.0897 e. The Morgan fingerprint density at radius 2 is 2.35 bits per heavy atom. The minimum atomic E-state index is 0.325. The summed E-state index contributed by atoms with van der Waals surface area (Å²) in [7, 11) is 0. The molecule has 1 aromatic rings. The van der Waals surface area contributed by atoms with E-state index in [0.29, 0.717) is 5.54 Å². The van der Waals surface area contributed by atoms with Gasteiger partial charge in [-0.2, -0.15) is 0 Å². The molecule has 2 atom stereocenters. The number of hydrogen-bond donors (Lipinski definition) is 1. The molecule has 0 aliphatic carbocycles. The normalized spacial score (nSPS) is 31.9. The van der Waals surface area contributed by atoms with Crippen molar-refractivity contribution >= 4 is 11.3 Å². The van der Waals surface area contributed by atoms with E-state index in [-0.39, 0.29) is 0 Å². The van der Waals surface area contributed by atoms with Crippen LogP contribution in [0.4, 0.5) is 0 Å². The van der Waals surface area contributed by atoms with Gasteiger partial charge in [0.05, 0.1) is 5.01 Å². The molecule has 1 N–H and O–H groups in total. The van der Waals surface area contributed by atoms with Crippen molar-refractivity contribution in [2.24, 2.45) is 11.8 Å². The predicted octanol–water partition coefficient (Wildman–Crippen LogP) is 1.88. The second-order valence-corrected chi connectivity index (χ2v) is 7.22. The molecule has 0 aromatic carbocycles. The molecular formula is C13H21N3S. The van der Waals surface area contributed by atoms with E-state index in [1.54, 1.807) is 0 Å². The molecule has 1 aromatic heterocycles. The van der Waals surface area contributed by atoms with Gasteiger partial charge >= 0.3 is 0 Å². The fraction of sp³-hybridized carbons (Fsp3) is 0.769. The Balaban J connectivity index is 1.76. The van der Waals surface area contributed by atoms with E-state index < -0.39 is 0 Å². The van der Waals surface area contributed by atoms with Crippen molar-refractivity contribution in [2.75, 3.05) is 19.6 Å². The van der Waals surface area contributed by atoms with Crippen LogP contribution in [0.5, 0.6) is 0 Å². The molecule has 2 aliphatic heterocycles. The number of aryl methyl sites for hydroxylation is 1. The van der Waals surface area contributed by atoms with Gasteiger partial charge in [-0.3, -0.25) is 4.90 Å². The Morgan fingerprint density at radius 3 is 3.00 bits per heavy atom. The van der Waals surface area contributed by atoms with Crippen molar-refractivity contribution in [3.8, 4) is 0 Å². The lowest BCUT2D eigenvalue weighted by molar-refractivity contribution is 0.133. The minimum Gasteiger partial charge on any atom is -0.316 e. The van der Waals surface area contributed by atoms with Gasteiger partial charge in [-0.25, -0.2) is 4.98 Å². The lowest BCUT2D eigenvalue weighted by Gasteiger charge is -2.35. The van der Waals surface area contributed by atoms with Gasteiger partial charge in [0, 0.05) is 36.2 Å². The van der Waals surface area contributed by atoms with Crippen LogP contribution in [0.1, 0.15) is 23.7 Å². The van der Waals surface area contributed by atoms with Crippen LogP contribution in [0.25, 0.3) is 0 Å². The number of hydrogen-bond acceptors (Lipinski definition) is 4. The molecule has 3 nitrogen and oxygen atoms in total. The van der Waals surface area contributed by atoms with E-state index in [4.69, 9.17) is 0 Å². The first-order valence-corrected chi connectivity index (χ1v) is 7.26. The standard InChI is InChI=1S/C13H21N3S/c1-9-15-5-11(17-9)8-16-7-10-4-14-6-12(10)13(16,2)3/h5,10,12,14H,4,6-8H2,1-3H3. The van der Waals surface area contributed by atoms with Gasteiger partial charge in [-0.05, 0) is 39.2 Å². The van der Waals surface area contributed by atoms with E-state index in [2.05, 4.69) is 36.0 Å². The fourth-order valence-electron chi connectivity index (χ4n) is 3.44. The van der Waals surface area contributed by atoms with Gasteiger partial charge in [0.15, 0.2) is 0 Å². The number of aromatic nitrogens is 1. The molecule has 0 radical (unpaired) electrons. The zero-order valence-electron chi connectivity index (χ0n) is 10.9. The molecular weight excluding hydrogens is 230 g/mol. The van der Waals surface area contributed by atoms with Crippen molar-refractivity contribution in [2.45, 2.75) is 32.9 Å². The molecule has 0 saturated carbocycles. The average Bonchev–Trinajstić information content (AvgIpc) is 2.90. The van der Waals surface area contributed by atoms with Crippen molar-refractivity contribution in [3.05, 3.63) is 16.1 Å². The first kappa shape index (κ1) is 11.6. The molecule has 3 rings (SSSR count). The van der Waals surface area contributed by atoms with Crippen LogP contribution >= 0.6 is 11.3 Å². The van der Waals surface area contributed by atoms with E-state index in [9.17, 15) is 0 Å². The zero-order valence-corrected chi connectivity index (χ0v) is 11.7. The first-order chi connectivity index (χ1) is 8.07. The van der Waals surface area contributed by atoms with E-state index in [1.165, 1.54) is 29.5 Å². The molecule has 3 heterocycles. The molecule has 0 bridgehead atoms. The van der Waals surface area contributed by atoms with Crippen molar-refractivity contribution in [3.63, 3.8) is 0 Å². The van der Waals surface area contributed by atoms with Crippen LogP contribution in [0, 0.1) is 18.8 Å². The lowest BCUT2D eigenvalue weighted by atomic mass is 9.85. The van der Waals surface area contributed by atoms with Gasteiger partial charge in [0.2, 0.25) is 0 Å². The third-order valence-electron chi connectivity index (χ3n) is 4.53. The van der Waals surface area contributed by atoms with E-state index in [0.717, 1.165) is 18.4 Å². The molecule has 94 valence electrons. The lowest BCUT2D eigenvalue weighted by Crippen LogP contribution is -2.43. The Labute approximate surface area is 107 Å². The van der Waals surface area contributed by atoms with Crippen molar-refractivity contribution < 1.29 is 0 Å². The Bertz CT molecular complexity index is 413. The summed E-state index contributed by atoms with van der Waals surface area (Å²) in [6.45, 7) is 11.6. The van der Waals surface area contributed by atoms with Gasteiger partial charge in [-0.1, -0.05) is 0 Å². The number of nitrogens with one attached hydrogen (secondary N) is 1. The first-order valence-electron chi connectivity index (χ1n) is 6.44. The van der Waals surface area contributed by atoms with Crippen LogP contribution < -0.4 is 5.32 Å². The molecule has 4 heteroatoms. The van der Waals surface area contributed by atoms with E-state index in [1.807, 2.05) is 17.5 Å². The smallest absolute Gasteiger partial charge is 0.0897 e. The summed E-state index contributed by atoms with van der Waals surface area (Å²) < 4.78 is 0. The molecule has 0 amide bonds. The highest BCUT2D eigenvalue weighted by atomic mass is 32.1. The summed E-state index contributed by atoms with van der Waals surface area (Å²) in [5, 5.41) is 4.71. The second-order valence-electron chi connectivity index (χ2n) is 5.90. The topological polar surface area (TPSA) is 28.2 Å². The molecule has 2 unspecified atom stereocenters. The molecule has 2 saturated heterocycles. The molecule has 2 fully saturated rings. The fourth-order valence-corrected chi connectivity index (χ4v) is 4.25. The van der Waals surface area contributed by atoms with Gasteiger partial charge in [-0.15, -0.1) is 11.3 Å². The van der Waals surface area contributed by atoms with Crippen LogP contribution in [-0.4, -0.2) is 35.1 Å². The maximum atomic E-state index is 4.36. The van der Waals surface area contributed by atoms with Crippen LogP contribution in [0.3, 0.4) is 0 Å². The SMILES string of the molecule is Cc1ncc(CN2CC3CNCC3C2(C)C)s1. The average molecular weight is 251 g/mol. The quantitative estimate of drug-likeness (QED) is 0.870. The number of thiazole rings is 1. The van der Waals surface area contributed by atoms with Gasteiger partial charge < -0.3 is 5.32 Å². The summed E-state index contributed by atoms with van der Waals surface area (Å²) in [5.41, 5.74) is 0.325. The monoisotopic (exact) mass is 251 g/mol. The summed E-state index contributed by atoms with van der Waals surface area (Å²) in [6.07, 6.45) is 2.04. The van der Waals surface area contributed by atoms with E-state index >= 15 is 0 Å². The summed E-state index contributed by atoms with van der Waals surface area (Å²) in [4.78, 5) is 8.41. The Hall–Kier alpha value is -0.450. The second kappa shape index (κ2) is 4.04. The molecule has 0 spiro atoms. The summed E-state index contributed by atoms with van der Waals surface area (Å²) >= 11 is 1.83. The highest BCUT2D eigenvalue weighted by Gasteiger charge is 2.49. The summed E-state index contributed by atoms with van der Waals surface area (Å²) in [6, 6.07) is 0. The van der Waals surface area contributed by atoms with Crippen LogP contribution in [0.15, 0.2) is 6.20 Å². The van der Waals surface area contributed by atoms with Crippen molar-refractivity contribution in [1.29, 1.82) is 0 Å².